The zero-order valence-electron chi connectivity index (χ0n) is 17.7. The highest BCUT2D eigenvalue weighted by Crippen LogP contribution is 2.38. The molecular weight excluding hydrogens is 414 g/mol. The zero-order chi connectivity index (χ0) is 21.6. The van der Waals surface area contributed by atoms with Crippen LogP contribution in [-0.2, 0) is 13.2 Å². The predicted octanol–water partition coefficient (Wildman–Crippen LogP) is 6.01. The van der Waals surface area contributed by atoms with Gasteiger partial charge >= 0.3 is 0 Å². The van der Waals surface area contributed by atoms with Crippen molar-refractivity contribution in [2.75, 3.05) is 25.1 Å². The van der Waals surface area contributed by atoms with Gasteiger partial charge in [0.25, 0.3) is 0 Å². The second-order valence-electron chi connectivity index (χ2n) is 7.27. The van der Waals surface area contributed by atoms with E-state index in [0.717, 1.165) is 28.3 Å². The Kier molecular flexibility index (Phi) is 6.73. The van der Waals surface area contributed by atoms with Gasteiger partial charge in [-0.2, -0.15) is 0 Å². The first-order chi connectivity index (χ1) is 15.1. The molecule has 31 heavy (non-hydrogen) atoms. The molecule has 0 bridgehead atoms. The number of fused-ring (bicyclic) bond motifs is 1. The molecule has 0 atom stereocenters. The zero-order valence-corrected chi connectivity index (χ0v) is 18.5. The molecule has 0 saturated carbocycles. The second kappa shape index (κ2) is 9.84. The maximum atomic E-state index is 6.58. The van der Waals surface area contributed by atoms with Crippen molar-refractivity contribution < 1.29 is 18.9 Å². The standard InChI is InChI=1S/C25H26ClNO4/c1-3-28-24-13-18(15-27-20-8-9-22-23(14-20)30-11-10-29-22)12-21(26)25(24)31-16-19-7-5-4-6-17(19)2/h4-9,12-14,27H,3,10-11,15-16H2,1-2H3. The summed E-state index contributed by atoms with van der Waals surface area (Å²) in [6.45, 7) is 6.69. The first kappa shape index (κ1) is 21.2. The molecule has 6 heteroatoms. The lowest BCUT2D eigenvalue weighted by molar-refractivity contribution is 0.171. The van der Waals surface area contributed by atoms with Crippen LogP contribution in [0.25, 0.3) is 0 Å². The molecule has 4 rings (SSSR count). The summed E-state index contributed by atoms with van der Waals surface area (Å²) in [7, 11) is 0. The van der Waals surface area contributed by atoms with Crippen LogP contribution in [0.4, 0.5) is 5.69 Å². The molecule has 1 aliphatic heterocycles. The van der Waals surface area contributed by atoms with Crippen molar-refractivity contribution in [2.45, 2.75) is 27.0 Å². The van der Waals surface area contributed by atoms with E-state index in [1.807, 2.05) is 49.4 Å². The SMILES string of the molecule is CCOc1cc(CNc2ccc3c(c2)OCCO3)cc(Cl)c1OCc1ccccc1C. The molecule has 0 radical (unpaired) electrons. The summed E-state index contributed by atoms with van der Waals surface area (Å²) in [5, 5.41) is 3.93. The Morgan fingerprint density at radius 2 is 1.77 bits per heavy atom. The topological polar surface area (TPSA) is 49.0 Å². The smallest absolute Gasteiger partial charge is 0.180 e. The normalized spacial score (nSPS) is 12.4. The van der Waals surface area contributed by atoms with E-state index >= 15 is 0 Å². The minimum atomic E-state index is 0.432. The summed E-state index contributed by atoms with van der Waals surface area (Å²) in [4.78, 5) is 0. The number of hydrogen-bond acceptors (Lipinski definition) is 5. The Labute approximate surface area is 187 Å². The first-order valence-corrected chi connectivity index (χ1v) is 10.8. The lowest BCUT2D eigenvalue weighted by Gasteiger charge is -2.19. The fourth-order valence-electron chi connectivity index (χ4n) is 3.41. The summed E-state index contributed by atoms with van der Waals surface area (Å²) in [6.07, 6.45) is 0. The van der Waals surface area contributed by atoms with Gasteiger partial charge in [-0.25, -0.2) is 0 Å². The van der Waals surface area contributed by atoms with E-state index in [1.165, 1.54) is 5.56 Å². The van der Waals surface area contributed by atoms with Crippen LogP contribution in [0.5, 0.6) is 23.0 Å². The summed E-state index contributed by atoms with van der Waals surface area (Å²) in [6, 6.07) is 17.8. The van der Waals surface area contributed by atoms with Crippen molar-refractivity contribution in [1.29, 1.82) is 0 Å². The van der Waals surface area contributed by atoms with Crippen LogP contribution in [0.15, 0.2) is 54.6 Å². The van der Waals surface area contributed by atoms with Crippen molar-refractivity contribution >= 4 is 17.3 Å². The number of halogens is 1. The molecule has 162 valence electrons. The monoisotopic (exact) mass is 439 g/mol. The number of aryl methyl sites for hydroxylation is 1. The Hall–Kier alpha value is -3.05. The van der Waals surface area contributed by atoms with Gasteiger partial charge in [0.05, 0.1) is 11.6 Å². The van der Waals surface area contributed by atoms with Crippen LogP contribution < -0.4 is 24.3 Å². The molecule has 1 aliphatic rings. The summed E-state index contributed by atoms with van der Waals surface area (Å²) >= 11 is 6.58. The molecule has 1 heterocycles. The third kappa shape index (κ3) is 5.17. The molecule has 5 nitrogen and oxygen atoms in total. The van der Waals surface area contributed by atoms with Crippen LogP contribution in [0.1, 0.15) is 23.6 Å². The van der Waals surface area contributed by atoms with E-state index in [0.29, 0.717) is 49.5 Å². The van der Waals surface area contributed by atoms with Gasteiger partial charge in [-0.3, -0.25) is 0 Å². The number of benzene rings is 3. The Morgan fingerprint density at radius 3 is 2.58 bits per heavy atom. The van der Waals surface area contributed by atoms with E-state index < -0.39 is 0 Å². The third-order valence-corrected chi connectivity index (χ3v) is 5.32. The first-order valence-electron chi connectivity index (χ1n) is 10.4. The molecule has 3 aromatic rings. The van der Waals surface area contributed by atoms with E-state index in [-0.39, 0.29) is 0 Å². The Morgan fingerprint density at radius 1 is 0.968 bits per heavy atom. The van der Waals surface area contributed by atoms with E-state index in [4.69, 9.17) is 30.5 Å². The second-order valence-corrected chi connectivity index (χ2v) is 7.67. The van der Waals surface area contributed by atoms with Crippen molar-refractivity contribution in [3.05, 3.63) is 76.3 Å². The summed E-state index contributed by atoms with van der Waals surface area (Å²) < 4.78 is 23.1. The number of nitrogens with one attached hydrogen (secondary N) is 1. The Bertz CT molecular complexity index is 1050. The fraction of sp³-hybridized carbons (Fsp3) is 0.280. The number of anilines is 1. The molecule has 0 fully saturated rings. The van der Waals surface area contributed by atoms with E-state index in [1.54, 1.807) is 0 Å². The van der Waals surface area contributed by atoms with Gasteiger partial charge in [-0.05, 0) is 54.8 Å². The average Bonchev–Trinajstić information content (AvgIpc) is 2.78. The highest BCUT2D eigenvalue weighted by Gasteiger charge is 2.15. The molecule has 0 aliphatic carbocycles. The third-order valence-electron chi connectivity index (χ3n) is 5.04. The molecule has 0 aromatic heterocycles. The molecule has 0 spiro atoms. The number of hydrogen-bond donors (Lipinski definition) is 1. The summed E-state index contributed by atoms with van der Waals surface area (Å²) in [5.41, 5.74) is 4.23. The van der Waals surface area contributed by atoms with Crippen LogP contribution in [0, 0.1) is 6.92 Å². The average molecular weight is 440 g/mol. The van der Waals surface area contributed by atoms with Gasteiger partial charge in [0.1, 0.15) is 19.8 Å². The van der Waals surface area contributed by atoms with Crippen molar-refractivity contribution in [2.24, 2.45) is 0 Å². The van der Waals surface area contributed by atoms with Crippen LogP contribution in [-0.4, -0.2) is 19.8 Å². The molecule has 1 N–H and O–H groups in total. The van der Waals surface area contributed by atoms with E-state index in [9.17, 15) is 0 Å². The molecule has 0 amide bonds. The quantitative estimate of drug-likeness (QED) is 0.465. The van der Waals surface area contributed by atoms with Gasteiger partial charge in [-0.15, -0.1) is 0 Å². The summed E-state index contributed by atoms with van der Waals surface area (Å²) in [5.74, 6) is 2.73. The highest BCUT2D eigenvalue weighted by atomic mass is 35.5. The Balaban J connectivity index is 1.48. The van der Waals surface area contributed by atoms with Crippen LogP contribution in [0.3, 0.4) is 0 Å². The minimum Gasteiger partial charge on any atom is -0.490 e. The number of rotatable bonds is 8. The molecule has 0 unspecified atom stereocenters. The van der Waals surface area contributed by atoms with Crippen molar-refractivity contribution in [1.82, 2.24) is 0 Å². The van der Waals surface area contributed by atoms with Crippen LogP contribution >= 0.6 is 11.6 Å². The van der Waals surface area contributed by atoms with Gasteiger partial charge in [0, 0.05) is 18.3 Å². The molecule has 3 aromatic carbocycles. The van der Waals surface area contributed by atoms with Gasteiger partial charge in [-0.1, -0.05) is 35.9 Å². The van der Waals surface area contributed by atoms with Gasteiger partial charge < -0.3 is 24.3 Å². The highest BCUT2D eigenvalue weighted by molar-refractivity contribution is 6.32. The minimum absolute atomic E-state index is 0.432. The van der Waals surface area contributed by atoms with Gasteiger partial charge in [0.15, 0.2) is 23.0 Å². The van der Waals surface area contributed by atoms with Gasteiger partial charge in [0.2, 0.25) is 0 Å². The lowest BCUT2D eigenvalue weighted by Crippen LogP contribution is -2.15. The van der Waals surface area contributed by atoms with Crippen molar-refractivity contribution in [3.63, 3.8) is 0 Å². The number of ether oxygens (including phenoxy) is 4. The van der Waals surface area contributed by atoms with Crippen LogP contribution in [0.2, 0.25) is 5.02 Å². The molecular formula is C25H26ClNO4. The molecule has 0 saturated heterocycles. The largest absolute Gasteiger partial charge is 0.490 e. The van der Waals surface area contributed by atoms with Crippen molar-refractivity contribution in [3.8, 4) is 23.0 Å². The lowest BCUT2D eigenvalue weighted by atomic mass is 10.1. The maximum absolute atomic E-state index is 6.58. The van der Waals surface area contributed by atoms with E-state index in [2.05, 4.69) is 24.4 Å². The fourth-order valence-corrected chi connectivity index (χ4v) is 3.69. The predicted molar refractivity (Wildman–Crippen MR) is 123 cm³/mol. The maximum Gasteiger partial charge on any atom is 0.180 e.